The van der Waals surface area contributed by atoms with Gasteiger partial charge in [-0.25, -0.2) is 0 Å². The van der Waals surface area contributed by atoms with Gasteiger partial charge in [0.15, 0.2) is 0 Å². The summed E-state index contributed by atoms with van der Waals surface area (Å²) in [5.74, 6) is 0.155. The molecule has 2 aliphatic heterocycles. The molecular weight excluding hydrogens is 308 g/mol. The SMILES string of the molecule is CN(C)C[C@H]1[C@H]2C[C@H](CN(C(=O)[C@@H](N)CO)C2)c2cccc(=O)n21. The highest BCUT2D eigenvalue weighted by atomic mass is 16.3. The van der Waals surface area contributed by atoms with Crippen LogP contribution in [0.15, 0.2) is 23.0 Å². The van der Waals surface area contributed by atoms with Crippen molar-refractivity contribution in [1.29, 1.82) is 0 Å². The third-order valence-corrected chi connectivity index (χ3v) is 5.18. The summed E-state index contributed by atoms with van der Waals surface area (Å²) in [5, 5.41) is 9.18. The van der Waals surface area contributed by atoms with Gasteiger partial charge >= 0.3 is 0 Å². The number of carbonyl (C=O) groups excluding carboxylic acids is 1. The lowest BCUT2D eigenvalue weighted by Gasteiger charge is -2.47. The van der Waals surface area contributed by atoms with Gasteiger partial charge in [0.25, 0.3) is 5.56 Å². The van der Waals surface area contributed by atoms with Crippen LogP contribution in [0.1, 0.15) is 24.1 Å². The number of nitrogens with zero attached hydrogens (tertiary/aromatic N) is 3. The Bertz CT molecular complexity index is 672. The summed E-state index contributed by atoms with van der Waals surface area (Å²) in [6.45, 7) is 1.55. The lowest BCUT2D eigenvalue weighted by Crippen LogP contribution is -2.56. The predicted octanol–water partition coefficient (Wildman–Crippen LogP) is -0.784. The first-order valence-corrected chi connectivity index (χ1v) is 8.43. The van der Waals surface area contributed by atoms with Crippen LogP contribution in [0.5, 0.6) is 0 Å². The predicted molar refractivity (Wildman–Crippen MR) is 90.8 cm³/mol. The van der Waals surface area contributed by atoms with Crippen LogP contribution in [0, 0.1) is 5.92 Å². The number of hydrogen-bond donors (Lipinski definition) is 2. The van der Waals surface area contributed by atoms with E-state index in [9.17, 15) is 14.7 Å². The Kier molecular flexibility index (Phi) is 4.76. The number of aliphatic hydroxyl groups is 1. The number of amides is 1. The summed E-state index contributed by atoms with van der Waals surface area (Å²) in [6, 6.07) is 4.57. The number of aromatic nitrogens is 1. The quantitative estimate of drug-likeness (QED) is 0.753. The highest BCUT2D eigenvalue weighted by Crippen LogP contribution is 2.41. The van der Waals surface area contributed by atoms with E-state index in [4.69, 9.17) is 5.73 Å². The molecule has 0 saturated carbocycles. The zero-order valence-electron chi connectivity index (χ0n) is 14.3. The number of likely N-dealkylation sites (N-methyl/N-ethyl adjacent to an activating group) is 1. The minimum Gasteiger partial charge on any atom is -0.394 e. The van der Waals surface area contributed by atoms with Crippen LogP contribution < -0.4 is 11.3 Å². The van der Waals surface area contributed by atoms with Gasteiger partial charge in [0.2, 0.25) is 5.91 Å². The van der Waals surface area contributed by atoms with Crippen molar-refractivity contribution in [1.82, 2.24) is 14.4 Å². The number of hydrogen-bond acceptors (Lipinski definition) is 5. The average molecular weight is 334 g/mol. The van der Waals surface area contributed by atoms with Gasteiger partial charge in [0, 0.05) is 37.3 Å². The van der Waals surface area contributed by atoms with E-state index in [0.717, 1.165) is 18.7 Å². The van der Waals surface area contributed by atoms with Crippen LogP contribution in [0.4, 0.5) is 0 Å². The maximum Gasteiger partial charge on any atom is 0.251 e. The van der Waals surface area contributed by atoms with Gasteiger partial charge < -0.3 is 25.2 Å². The molecule has 3 rings (SSSR count). The second-order valence-electron chi connectivity index (χ2n) is 7.21. The maximum absolute atomic E-state index is 12.5. The maximum atomic E-state index is 12.5. The fourth-order valence-electron chi connectivity index (χ4n) is 4.14. The summed E-state index contributed by atoms with van der Waals surface area (Å²) in [7, 11) is 3.99. The molecule has 2 bridgehead atoms. The fraction of sp³-hybridized carbons (Fsp3) is 0.647. The summed E-state index contributed by atoms with van der Waals surface area (Å²) >= 11 is 0. The van der Waals surface area contributed by atoms with E-state index in [1.54, 1.807) is 17.0 Å². The molecule has 24 heavy (non-hydrogen) atoms. The number of carbonyl (C=O) groups is 1. The van der Waals surface area contributed by atoms with Crippen molar-refractivity contribution >= 4 is 5.91 Å². The van der Waals surface area contributed by atoms with E-state index in [-0.39, 0.29) is 36.0 Å². The smallest absolute Gasteiger partial charge is 0.251 e. The number of rotatable bonds is 4. The number of pyridine rings is 1. The van der Waals surface area contributed by atoms with Crippen molar-refractivity contribution in [3.63, 3.8) is 0 Å². The van der Waals surface area contributed by atoms with Crippen molar-refractivity contribution in [2.75, 3.05) is 40.3 Å². The molecule has 0 aromatic carbocycles. The Balaban J connectivity index is 1.97. The lowest BCUT2D eigenvalue weighted by atomic mass is 9.78. The standard InChI is InChI=1S/C17H26N4O3/c1-19(2)9-15-12-6-11(14-4-3-5-16(23)21(14)15)7-20(8-12)17(24)13(18)10-22/h3-5,11-13,15,22H,6-10,18H2,1-2H3/t11-,12+,13+,15+/m1/s1. The highest BCUT2D eigenvalue weighted by molar-refractivity contribution is 5.82. The number of likely N-dealkylation sites (tertiary alicyclic amines) is 1. The largest absolute Gasteiger partial charge is 0.394 e. The van der Waals surface area contributed by atoms with Crippen LogP contribution in [0.2, 0.25) is 0 Å². The molecular formula is C17H26N4O3. The molecule has 1 saturated heterocycles. The Morgan fingerprint density at radius 2 is 2.17 bits per heavy atom. The molecule has 0 unspecified atom stereocenters. The normalized spacial score (nSPS) is 27.0. The average Bonchev–Trinajstić information content (AvgIpc) is 2.57. The van der Waals surface area contributed by atoms with Crippen molar-refractivity contribution in [2.45, 2.75) is 24.4 Å². The van der Waals surface area contributed by atoms with Gasteiger partial charge in [-0.05, 0) is 32.5 Å². The van der Waals surface area contributed by atoms with E-state index in [0.29, 0.717) is 13.1 Å². The van der Waals surface area contributed by atoms with Crippen molar-refractivity contribution in [3.8, 4) is 0 Å². The Morgan fingerprint density at radius 1 is 1.42 bits per heavy atom. The third kappa shape index (κ3) is 2.99. The monoisotopic (exact) mass is 334 g/mol. The molecule has 132 valence electrons. The van der Waals surface area contributed by atoms with Crippen LogP contribution in [0.3, 0.4) is 0 Å². The van der Waals surface area contributed by atoms with E-state index >= 15 is 0 Å². The van der Waals surface area contributed by atoms with E-state index in [2.05, 4.69) is 4.90 Å². The van der Waals surface area contributed by atoms with Crippen molar-refractivity contribution in [3.05, 3.63) is 34.2 Å². The lowest BCUT2D eigenvalue weighted by molar-refractivity contribution is -0.136. The molecule has 7 nitrogen and oxygen atoms in total. The molecule has 0 spiro atoms. The summed E-state index contributed by atoms with van der Waals surface area (Å²) in [5.41, 5.74) is 6.76. The fourth-order valence-corrected chi connectivity index (χ4v) is 4.14. The molecule has 7 heteroatoms. The molecule has 0 aliphatic carbocycles. The van der Waals surface area contributed by atoms with Crippen LogP contribution in [0.25, 0.3) is 0 Å². The minimum atomic E-state index is -0.867. The first-order valence-electron chi connectivity index (χ1n) is 8.43. The van der Waals surface area contributed by atoms with Gasteiger partial charge in [0.05, 0.1) is 12.6 Å². The van der Waals surface area contributed by atoms with Crippen LogP contribution >= 0.6 is 0 Å². The van der Waals surface area contributed by atoms with E-state index in [1.807, 2.05) is 24.7 Å². The zero-order valence-corrected chi connectivity index (χ0v) is 14.3. The van der Waals surface area contributed by atoms with Crippen LogP contribution in [-0.2, 0) is 4.79 Å². The number of fused-ring (bicyclic) bond motifs is 4. The first kappa shape index (κ1) is 17.1. The molecule has 1 aromatic rings. The number of piperidine rings is 1. The second kappa shape index (κ2) is 6.66. The van der Waals surface area contributed by atoms with Gasteiger partial charge in [-0.2, -0.15) is 0 Å². The highest BCUT2D eigenvalue weighted by Gasteiger charge is 2.42. The molecule has 4 atom stereocenters. The van der Waals surface area contributed by atoms with Crippen molar-refractivity contribution < 1.29 is 9.90 Å². The van der Waals surface area contributed by atoms with E-state index in [1.165, 1.54) is 0 Å². The molecule has 3 N–H and O–H groups in total. The Hall–Kier alpha value is -1.70. The third-order valence-electron chi connectivity index (χ3n) is 5.18. The molecule has 2 aliphatic rings. The molecule has 3 heterocycles. The van der Waals surface area contributed by atoms with Crippen LogP contribution in [-0.4, -0.2) is 71.8 Å². The zero-order chi connectivity index (χ0) is 17.4. The minimum absolute atomic E-state index is 0.0286. The molecule has 0 radical (unpaired) electrons. The van der Waals surface area contributed by atoms with Gasteiger partial charge in [-0.1, -0.05) is 6.07 Å². The second-order valence-corrected chi connectivity index (χ2v) is 7.21. The number of aliphatic hydroxyl groups excluding tert-OH is 1. The molecule has 1 amide bonds. The summed E-state index contributed by atoms with van der Waals surface area (Å²) < 4.78 is 1.92. The van der Waals surface area contributed by atoms with Gasteiger partial charge in [0.1, 0.15) is 6.04 Å². The van der Waals surface area contributed by atoms with Gasteiger partial charge in [-0.15, -0.1) is 0 Å². The molecule has 1 aromatic heterocycles. The van der Waals surface area contributed by atoms with Gasteiger partial charge in [-0.3, -0.25) is 9.59 Å². The molecule has 1 fully saturated rings. The first-order chi connectivity index (χ1) is 11.4. The summed E-state index contributed by atoms with van der Waals surface area (Å²) in [6.07, 6.45) is 0.972. The van der Waals surface area contributed by atoms with E-state index < -0.39 is 6.04 Å². The Labute approximate surface area is 141 Å². The summed E-state index contributed by atoms with van der Waals surface area (Å²) in [4.78, 5) is 28.7. The van der Waals surface area contributed by atoms with Crippen molar-refractivity contribution in [2.24, 2.45) is 11.7 Å². The Morgan fingerprint density at radius 3 is 2.83 bits per heavy atom. The topological polar surface area (TPSA) is 91.8 Å². The number of nitrogens with two attached hydrogens (primary N) is 1.